The predicted octanol–water partition coefficient (Wildman–Crippen LogP) is 2.66. The average Bonchev–Trinajstić information content (AvgIpc) is 2.46. The Bertz CT molecular complexity index is 646. The minimum absolute atomic E-state index is 0.316. The van der Waals surface area contributed by atoms with E-state index < -0.39 is 6.04 Å². The second-order valence-corrected chi connectivity index (χ2v) is 6.33. The lowest BCUT2D eigenvalue weighted by molar-refractivity contribution is -0.139. The van der Waals surface area contributed by atoms with E-state index >= 15 is 0 Å². The van der Waals surface area contributed by atoms with Crippen LogP contribution in [0, 0.1) is 3.57 Å². The Balaban J connectivity index is 2.55. The summed E-state index contributed by atoms with van der Waals surface area (Å²) in [6.07, 6.45) is 0. The highest BCUT2D eigenvalue weighted by atomic mass is 127. The maximum absolute atomic E-state index is 12.3. The maximum atomic E-state index is 12.3. The van der Waals surface area contributed by atoms with Gasteiger partial charge in [-0.1, -0.05) is 0 Å². The summed E-state index contributed by atoms with van der Waals surface area (Å²) in [5, 5.41) is 6.58. The van der Waals surface area contributed by atoms with E-state index in [-0.39, 0.29) is 5.97 Å². The van der Waals surface area contributed by atoms with E-state index in [0.717, 1.165) is 9.13 Å². The van der Waals surface area contributed by atoms with E-state index in [1.54, 1.807) is 14.0 Å². The molecule has 2 N–H and O–H groups in total. The molecule has 0 aromatic heterocycles. The summed E-state index contributed by atoms with van der Waals surface area (Å²) in [6, 6.07) is 5.39. The molecule has 1 aliphatic rings. The number of carbonyl (C=O) groups is 1. The van der Waals surface area contributed by atoms with Crippen LogP contribution in [-0.2, 0) is 9.53 Å². The number of ether oxygens (including phenoxy) is 2. The van der Waals surface area contributed by atoms with Crippen molar-refractivity contribution < 1.29 is 14.3 Å². The van der Waals surface area contributed by atoms with Gasteiger partial charge in [0.1, 0.15) is 5.75 Å². The number of hydrogen-bond acceptors (Lipinski definition) is 4. The van der Waals surface area contributed by atoms with E-state index in [4.69, 9.17) is 21.7 Å². The van der Waals surface area contributed by atoms with Gasteiger partial charge in [-0.2, -0.15) is 0 Å². The quantitative estimate of drug-likeness (QED) is 0.434. The summed E-state index contributed by atoms with van der Waals surface area (Å²) in [7, 11) is 1.60. The number of benzene rings is 1. The third kappa shape index (κ3) is 3.52. The lowest BCUT2D eigenvalue weighted by Crippen LogP contribution is -2.45. The third-order valence-corrected chi connectivity index (χ3v) is 4.16. The van der Waals surface area contributed by atoms with Crippen LogP contribution in [0.3, 0.4) is 0 Å². The van der Waals surface area contributed by atoms with E-state index in [0.29, 0.717) is 28.7 Å². The Hall–Kier alpha value is -1.35. The standard InChI is InChI=1S/C15H17IN2O3S/c1-4-21-14(19)12-8(2)17-15(22)18-13(12)10-7-9(16)5-6-11(10)20-3/h5-7,13H,4H2,1-3H3,(H2,17,18,22). The lowest BCUT2D eigenvalue weighted by Gasteiger charge is -2.30. The Labute approximate surface area is 148 Å². The molecule has 7 heteroatoms. The van der Waals surface area contributed by atoms with Crippen molar-refractivity contribution in [3.8, 4) is 5.75 Å². The van der Waals surface area contributed by atoms with Crippen LogP contribution in [-0.4, -0.2) is 24.8 Å². The van der Waals surface area contributed by atoms with Crippen molar-refractivity contribution >= 4 is 45.9 Å². The smallest absolute Gasteiger partial charge is 0.338 e. The monoisotopic (exact) mass is 432 g/mol. The fraction of sp³-hybridized carbons (Fsp3) is 0.333. The fourth-order valence-electron chi connectivity index (χ4n) is 2.34. The molecule has 0 fully saturated rings. The van der Waals surface area contributed by atoms with E-state index in [1.165, 1.54) is 0 Å². The summed E-state index contributed by atoms with van der Waals surface area (Å²) < 4.78 is 11.7. The summed E-state index contributed by atoms with van der Waals surface area (Å²) in [4.78, 5) is 12.3. The SMILES string of the molecule is CCOC(=O)C1=C(C)NC(=S)NC1c1cc(I)ccc1OC. The number of methoxy groups -OCH3 is 1. The molecule has 0 bridgehead atoms. The molecule has 1 heterocycles. The van der Waals surface area contributed by atoms with Gasteiger partial charge in [0, 0.05) is 14.8 Å². The van der Waals surface area contributed by atoms with Gasteiger partial charge < -0.3 is 20.1 Å². The molecule has 0 aliphatic carbocycles. The van der Waals surface area contributed by atoms with Crippen molar-refractivity contribution in [1.29, 1.82) is 0 Å². The van der Waals surface area contributed by atoms with Gasteiger partial charge in [0.15, 0.2) is 5.11 Å². The predicted molar refractivity (Wildman–Crippen MR) is 96.7 cm³/mol. The number of allylic oxidation sites excluding steroid dienone is 1. The van der Waals surface area contributed by atoms with Gasteiger partial charge in [-0.25, -0.2) is 4.79 Å². The number of esters is 1. The molecule has 0 saturated heterocycles. The number of carbonyl (C=O) groups excluding carboxylic acids is 1. The third-order valence-electron chi connectivity index (χ3n) is 3.27. The number of hydrogen-bond donors (Lipinski definition) is 2. The van der Waals surface area contributed by atoms with Crippen LogP contribution >= 0.6 is 34.8 Å². The minimum atomic E-state index is -0.405. The molecule has 5 nitrogen and oxygen atoms in total. The molecule has 0 amide bonds. The molecule has 1 atom stereocenters. The van der Waals surface area contributed by atoms with E-state index in [2.05, 4.69) is 33.2 Å². The Kier molecular flexibility index (Phi) is 5.63. The normalized spacial score (nSPS) is 17.6. The molecule has 0 saturated carbocycles. The molecule has 118 valence electrons. The van der Waals surface area contributed by atoms with Crippen LogP contribution in [0.25, 0.3) is 0 Å². The van der Waals surface area contributed by atoms with Gasteiger partial charge in [-0.3, -0.25) is 0 Å². The summed E-state index contributed by atoms with van der Waals surface area (Å²) in [5.41, 5.74) is 2.05. The first-order chi connectivity index (χ1) is 10.5. The van der Waals surface area contributed by atoms with Crippen LogP contribution in [0.1, 0.15) is 25.5 Å². The molecule has 2 rings (SSSR count). The largest absolute Gasteiger partial charge is 0.496 e. The van der Waals surface area contributed by atoms with Crippen LogP contribution in [0.5, 0.6) is 5.75 Å². The van der Waals surface area contributed by atoms with Gasteiger partial charge in [0.2, 0.25) is 0 Å². The molecule has 1 aliphatic heterocycles. The van der Waals surface area contributed by atoms with Crippen molar-refractivity contribution in [2.45, 2.75) is 19.9 Å². The second kappa shape index (κ2) is 7.28. The highest BCUT2D eigenvalue weighted by Crippen LogP contribution is 2.34. The first kappa shape index (κ1) is 17.0. The van der Waals surface area contributed by atoms with Gasteiger partial charge in [-0.05, 0) is 66.9 Å². The van der Waals surface area contributed by atoms with E-state index in [9.17, 15) is 4.79 Å². The van der Waals surface area contributed by atoms with Crippen LogP contribution in [0.15, 0.2) is 29.5 Å². The van der Waals surface area contributed by atoms with Crippen LogP contribution in [0.4, 0.5) is 0 Å². The highest BCUT2D eigenvalue weighted by molar-refractivity contribution is 14.1. The summed E-state index contributed by atoms with van der Waals surface area (Å²) in [5.74, 6) is 0.325. The zero-order valence-electron chi connectivity index (χ0n) is 12.5. The zero-order chi connectivity index (χ0) is 16.3. The van der Waals surface area contributed by atoms with Gasteiger partial charge >= 0.3 is 5.97 Å². The molecule has 1 aromatic rings. The van der Waals surface area contributed by atoms with Crippen molar-refractivity contribution in [3.05, 3.63) is 38.6 Å². The number of nitrogens with one attached hydrogen (secondary N) is 2. The van der Waals surface area contributed by atoms with Crippen molar-refractivity contribution in [1.82, 2.24) is 10.6 Å². The minimum Gasteiger partial charge on any atom is -0.496 e. The Morgan fingerprint density at radius 3 is 2.82 bits per heavy atom. The number of halogens is 1. The summed E-state index contributed by atoms with van der Waals surface area (Å²) >= 11 is 7.45. The van der Waals surface area contributed by atoms with Crippen LogP contribution < -0.4 is 15.4 Å². The molecule has 0 radical (unpaired) electrons. The van der Waals surface area contributed by atoms with Crippen molar-refractivity contribution in [2.75, 3.05) is 13.7 Å². The Morgan fingerprint density at radius 1 is 1.45 bits per heavy atom. The number of thiocarbonyl (C=S) groups is 1. The van der Waals surface area contributed by atoms with Crippen molar-refractivity contribution in [3.63, 3.8) is 0 Å². The molecule has 0 spiro atoms. The number of rotatable bonds is 4. The first-order valence-electron chi connectivity index (χ1n) is 6.76. The van der Waals surface area contributed by atoms with E-state index in [1.807, 2.05) is 25.1 Å². The van der Waals surface area contributed by atoms with Gasteiger partial charge in [0.25, 0.3) is 0 Å². The summed E-state index contributed by atoms with van der Waals surface area (Å²) in [6.45, 7) is 3.91. The molecule has 1 aromatic carbocycles. The highest BCUT2D eigenvalue weighted by Gasteiger charge is 2.32. The molecule has 22 heavy (non-hydrogen) atoms. The van der Waals surface area contributed by atoms with Gasteiger partial charge in [0.05, 0.1) is 25.3 Å². The fourth-order valence-corrected chi connectivity index (χ4v) is 3.12. The molecular weight excluding hydrogens is 415 g/mol. The first-order valence-corrected chi connectivity index (χ1v) is 8.25. The zero-order valence-corrected chi connectivity index (χ0v) is 15.5. The lowest BCUT2D eigenvalue weighted by atomic mass is 9.95. The Morgan fingerprint density at radius 2 is 2.18 bits per heavy atom. The molecular formula is C15H17IN2O3S. The maximum Gasteiger partial charge on any atom is 0.338 e. The topological polar surface area (TPSA) is 59.6 Å². The molecule has 1 unspecified atom stereocenters. The second-order valence-electron chi connectivity index (χ2n) is 4.68. The van der Waals surface area contributed by atoms with Crippen LogP contribution in [0.2, 0.25) is 0 Å². The van der Waals surface area contributed by atoms with Gasteiger partial charge in [-0.15, -0.1) is 0 Å². The average molecular weight is 432 g/mol. The van der Waals surface area contributed by atoms with Crippen molar-refractivity contribution in [2.24, 2.45) is 0 Å².